The Hall–Kier alpha value is -0.660. The van der Waals surface area contributed by atoms with Gasteiger partial charge in [-0.1, -0.05) is 18.0 Å². The van der Waals surface area contributed by atoms with E-state index < -0.39 is 10.0 Å². The molecule has 4 rings (SSSR count). The normalized spacial score (nSPS) is 37.0. The molecule has 3 heterocycles. The van der Waals surface area contributed by atoms with E-state index in [-0.39, 0.29) is 12.1 Å². The molecule has 5 nitrogen and oxygen atoms in total. The van der Waals surface area contributed by atoms with Crippen molar-refractivity contribution in [1.82, 2.24) is 14.9 Å². The van der Waals surface area contributed by atoms with Crippen molar-refractivity contribution in [2.45, 2.75) is 61.8 Å². The molecule has 7 heteroatoms. The van der Waals surface area contributed by atoms with E-state index in [0.29, 0.717) is 28.0 Å². The Bertz CT molecular complexity index is 709. The quantitative estimate of drug-likeness (QED) is 0.838. The van der Waals surface area contributed by atoms with Crippen molar-refractivity contribution in [2.75, 3.05) is 6.54 Å². The van der Waals surface area contributed by atoms with E-state index >= 15 is 0 Å². The van der Waals surface area contributed by atoms with E-state index in [2.05, 4.69) is 17.6 Å². The molecule has 3 aliphatic rings. The third-order valence-electron chi connectivity index (χ3n) is 5.77. The van der Waals surface area contributed by atoms with Crippen LogP contribution in [0.4, 0.5) is 0 Å². The fourth-order valence-electron chi connectivity index (χ4n) is 4.71. The van der Waals surface area contributed by atoms with Gasteiger partial charge in [-0.2, -0.15) is 4.31 Å². The Kier molecular flexibility index (Phi) is 4.37. The molecule has 3 aliphatic heterocycles. The molecule has 2 N–H and O–H groups in total. The lowest BCUT2D eigenvalue weighted by molar-refractivity contribution is 0.0227. The summed E-state index contributed by atoms with van der Waals surface area (Å²) in [4.78, 5) is 0.354. The van der Waals surface area contributed by atoms with E-state index in [0.717, 1.165) is 32.2 Å². The highest BCUT2D eigenvalue weighted by Crippen LogP contribution is 2.41. The molecule has 24 heavy (non-hydrogen) atoms. The van der Waals surface area contributed by atoms with Crippen LogP contribution in [0.3, 0.4) is 0 Å². The van der Waals surface area contributed by atoms with Gasteiger partial charge in [-0.3, -0.25) is 5.32 Å². The maximum Gasteiger partial charge on any atom is 0.243 e. The third kappa shape index (κ3) is 2.78. The molecule has 0 radical (unpaired) electrons. The van der Waals surface area contributed by atoms with Gasteiger partial charge in [-0.25, -0.2) is 8.42 Å². The molecule has 0 amide bonds. The standard InChI is InChI=1S/C17H24ClN3O2S/c1-11-19-10-15-16(20-11)9-13-3-2-4-17(15)21(13)24(22,23)14-7-5-12(18)6-8-14/h5-8,11,13,15-17,19-20H,2-4,9-10H2,1H3. The smallest absolute Gasteiger partial charge is 0.243 e. The van der Waals surface area contributed by atoms with Crippen LogP contribution in [0.1, 0.15) is 32.6 Å². The number of fused-ring (bicyclic) bond motifs is 4. The third-order valence-corrected chi connectivity index (χ3v) is 8.02. The summed E-state index contributed by atoms with van der Waals surface area (Å²) in [7, 11) is -3.48. The fraction of sp³-hybridized carbons (Fsp3) is 0.647. The molecule has 5 atom stereocenters. The van der Waals surface area contributed by atoms with Crippen LogP contribution in [-0.4, -0.2) is 43.6 Å². The number of piperidine rings is 2. The molecule has 3 saturated heterocycles. The molecule has 0 aliphatic carbocycles. The van der Waals surface area contributed by atoms with Crippen LogP contribution in [0.25, 0.3) is 0 Å². The Morgan fingerprint density at radius 2 is 1.96 bits per heavy atom. The van der Waals surface area contributed by atoms with E-state index in [1.807, 2.05) is 4.31 Å². The Morgan fingerprint density at radius 3 is 2.71 bits per heavy atom. The number of hydrogen-bond donors (Lipinski definition) is 2. The highest BCUT2D eigenvalue weighted by molar-refractivity contribution is 7.89. The largest absolute Gasteiger partial charge is 0.302 e. The van der Waals surface area contributed by atoms with Gasteiger partial charge in [0.25, 0.3) is 0 Å². The fourth-order valence-corrected chi connectivity index (χ4v) is 6.77. The minimum Gasteiger partial charge on any atom is -0.302 e. The molecule has 132 valence electrons. The summed E-state index contributed by atoms with van der Waals surface area (Å²) in [6.45, 7) is 3.01. The van der Waals surface area contributed by atoms with Crippen molar-refractivity contribution in [3.63, 3.8) is 0 Å². The minimum absolute atomic E-state index is 0.0793. The summed E-state index contributed by atoms with van der Waals surface area (Å²) >= 11 is 5.92. The zero-order valence-electron chi connectivity index (χ0n) is 13.8. The number of nitrogens with one attached hydrogen (secondary N) is 2. The monoisotopic (exact) mass is 369 g/mol. The zero-order valence-corrected chi connectivity index (χ0v) is 15.4. The minimum atomic E-state index is -3.48. The Balaban J connectivity index is 1.68. The van der Waals surface area contributed by atoms with Gasteiger partial charge in [0.05, 0.1) is 11.1 Å². The predicted octanol–water partition coefficient (Wildman–Crippen LogP) is 2.18. The lowest BCUT2D eigenvalue weighted by Crippen LogP contribution is -2.69. The molecule has 0 spiro atoms. The topological polar surface area (TPSA) is 61.4 Å². The van der Waals surface area contributed by atoms with E-state index in [1.54, 1.807) is 24.3 Å². The zero-order chi connectivity index (χ0) is 16.9. The van der Waals surface area contributed by atoms with Gasteiger partial charge < -0.3 is 5.32 Å². The van der Waals surface area contributed by atoms with Crippen molar-refractivity contribution >= 4 is 21.6 Å². The molecule has 0 saturated carbocycles. The highest BCUT2D eigenvalue weighted by atomic mass is 35.5. The van der Waals surface area contributed by atoms with Gasteiger partial charge in [-0.05, 0) is 50.5 Å². The van der Waals surface area contributed by atoms with Gasteiger partial charge in [-0.15, -0.1) is 0 Å². The summed E-state index contributed by atoms with van der Waals surface area (Å²) in [5, 5.41) is 7.63. The lowest BCUT2D eigenvalue weighted by atomic mass is 9.75. The van der Waals surface area contributed by atoms with Crippen LogP contribution in [0.15, 0.2) is 29.2 Å². The van der Waals surface area contributed by atoms with Crippen molar-refractivity contribution in [2.24, 2.45) is 5.92 Å². The molecular formula is C17H24ClN3O2S. The van der Waals surface area contributed by atoms with Gasteiger partial charge >= 0.3 is 0 Å². The number of halogens is 1. The van der Waals surface area contributed by atoms with Crippen molar-refractivity contribution in [3.05, 3.63) is 29.3 Å². The Morgan fingerprint density at radius 1 is 1.21 bits per heavy atom. The van der Waals surface area contributed by atoms with Crippen molar-refractivity contribution in [1.29, 1.82) is 0 Å². The number of rotatable bonds is 2. The van der Waals surface area contributed by atoms with Crippen LogP contribution in [0.5, 0.6) is 0 Å². The van der Waals surface area contributed by atoms with Crippen LogP contribution in [0.2, 0.25) is 5.02 Å². The Labute approximate surface area is 148 Å². The molecule has 1 aromatic rings. The van der Waals surface area contributed by atoms with Gasteiger partial charge in [0.15, 0.2) is 0 Å². The van der Waals surface area contributed by atoms with Crippen LogP contribution < -0.4 is 10.6 Å². The summed E-state index contributed by atoms with van der Waals surface area (Å²) in [5.74, 6) is 0.333. The van der Waals surface area contributed by atoms with Crippen LogP contribution in [0, 0.1) is 5.92 Å². The second-order valence-electron chi connectivity index (χ2n) is 7.24. The van der Waals surface area contributed by atoms with Crippen molar-refractivity contribution < 1.29 is 8.42 Å². The highest BCUT2D eigenvalue weighted by Gasteiger charge is 2.51. The predicted molar refractivity (Wildman–Crippen MR) is 94.4 cm³/mol. The number of sulfonamides is 1. The molecule has 3 fully saturated rings. The molecule has 0 aromatic heterocycles. The maximum atomic E-state index is 13.3. The second kappa shape index (κ2) is 6.25. The number of hydrogen-bond acceptors (Lipinski definition) is 4. The first-order valence-electron chi connectivity index (χ1n) is 8.75. The van der Waals surface area contributed by atoms with Crippen LogP contribution in [-0.2, 0) is 10.0 Å². The summed E-state index contributed by atoms with van der Waals surface area (Å²) in [5.41, 5.74) is 0. The summed E-state index contributed by atoms with van der Waals surface area (Å²) < 4.78 is 28.4. The molecule has 5 unspecified atom stereocenters. The van der Waals surface area contributed by atoms with Gasteiger partial charge in [0, 0.05) is 35.6 Å². The van der Waals surface area contributed by atoms with E-state index in [4.69, 9.17) is 11.6 Å². The second-order valence-corrected chi connectivity index (χ2v) is 9.52. The first-order chi connectivity index (χ1) is 11.5. The summed E-state index contributed by atoms with van der Waals surface area (Å²) in [6, 6.07) is 7.15. The maximum absolute atomic E-state index is 13.3. The summed E-state index contributed by atoms with van der Waals surface area (Å²) in [6.07, 6.45) is 4.21. The van der Waals surface area contributed by atoms with E-state index in [9.17, 15) is 8.42 Å². The first kappa shape index (κ1) is 16.8. The van der Waals surface area contributed by atoms with Crippen molar-refractivity contribution in [3.8, 4) is 0 Å². The van der Waals surface area contributed by atoms with E-state index in [1.165, 1.54) is 0 Å². The average Bonchev–Trinajstić information content (AvgIpc) is 2.54. The van der Waals surface area contributed by atoms with Crippen LogP contribution >= 0.6 is 11.6 Å². The SMILES string of the molecule is CC1NCC2C(CC3CCCC2N3S(=O)(=O)c2ccc(Cl)cc2)N1. The number of nitrogens with zero attached hydrogens (tertiary/aromatic N) is 1. The molecular weight excluding hydrogens is 346 g/mol. The number of benzene rings is 1. The van der Waals surface area contributed by atoms with Gasteiger partial charge in [0.1, 0.15) is 0 Å². The first-order valence-corrected chi connectivity index (χ1v) is 10.6. The average molecular weight is 370 g/mol. The van der Waals surface area contributed by atoms with Gasteiger partial charge in [0.2, 0.25) is 10.0 Å². The molecule has 1 aromatic carbocycles. The molecule has 2 bridgehead atoms. The lowest BCUT2D eigenvalue weighted by Gasteiger charge is -2.54.